The van der Waals surface area contributed by atoms with E-state index in [-0.39, 0.29) is 29.3 Å². The summed E-state index contributed by atoms with van der Waals surface area (Å²) in [6.45, 7) is 3.79. The Morgan fingerprint density at radius 2 is 1.77 bits per heavy atom. The molecule has 0 atom stereocenters. The van der Waals surface area contributed by atoms with Crippen LogP contribution >= 0.6 is 0 Å². The number of aryl methyl sites for hydroxylation is 2. The van der Waals surface area contributed by atoms with Gasteiger partial charge in [-0.05, 0) is 56.4 Å². The lowest BCUT2D eigenvalue weighted by Crippen LogP contribution is -2.29. The molecule has 2 aromatic heterocycles. The van der Waals surface area contributed by atoms with Crippen molar-refractivity contribution >= 4 is 0 Å². The van der Waals surface area contributed by atoms with Gasteiger partial charge in [0.05, 0.1) is 0 Å². The smallest absolute Gasteiger partial charge is 0.422 e. The van der Waals surface area contributed by atoms with Crippen LogP contribution in [0.4, 0.5) is 17.6 Å². The van der Waals surface area contributed by atoms with Crippen LogP contribution in [0.2, 0.25) is 0 Å². The normalized spacial score (nSPS) is 14.0. The molecule has 0 saturated heterocycles. The fraction of sp³-hybridized carbons (Fsp3) is 0.304. The van der Waals surface area contributed by atoms with Crippen LogP contribution in [-0.4, -0.2) is 9.55 Å². The van der Waals surface area contributed by atoms with E-state index >= 15 is 0 Å². The fourth-order valence-electron chi connectivity index (χ4n) is 3.54. The molecule has 1 aliphatic carbocycles. The second-order valence-corrected chi connectivity index (χ2v) is 7.84. The first-order valence-corrected chi connectivity index (χ1v) is 9.85. The molecule has 2 heterocycles. The lowest BCUT2D eigenvalue weighted by Gasteiger charge is -2.16. The van der Waals surface area contributed by atoms with Gasteiger partial charge in [-0.3, -0.25) is 9.78 Å². The van der Waals surface area contributed by atoms with E-state index in [9.17, 15) is 22.4 Å². The highest BCUT2D eigenvalue weighted by Gasteiger charge is 2.38. The summed E-state index contributed by atoms with van der Waals surface area (Å²) in [5, 5.41) is 0. The minimum Gasteiger partial charge on any atom is -0.454 e. The molecule has 0 radical (unpaired) electrons. The van der Waals surface area contributed by atoms with Crippen LogP contribution in [0.15, 0.2) is 47.4 Å². The third kappa shape index (κ3) is 4.62. The van der Waals surface area contributed by atoms with Crippen molar-refractivity contribution in [2.45, 2.75) is 39.4 Å². The zero-order valence-corrected chi connectivity index (χ0v) is 17.0. The van der Waals surface area contributed by atoms with Crippen molar-refractivity contribution in [3.63, 3.8) is 0 Å². The van der Waals surface area contributed by atoms with E-state index < -0.39 is 23.1 Å². The molecule has 0 bridgehead atoms. The summed E-state index contributed by atoms with van der Waals surface area (Å²) in [6, 6.07) is 7.99. The van der Waals surface area contributed by atoms with Crippen molar-refractivity contribution in [2.24, 2.45) is 5.92 Å². The number of pyridine rings is 2. The summed E-state index contributed by atoms with van der Waals surface area (Å²) in [6.07, 6.45) is -1.72. The van der Waals surface area contributed by atoms with Crippen molar-refractivity contribution in [3.8, 4) is 22.6 Å². The highest BCUT2D eigenvalue weighted by Crippen LogP contribution is 2.37. The molecule has 8 heteroatoms. The summed E-state index contributed by atoms with van der Waals surface area (Å²) in [5.74, 6) is -0.362. The standard InChI is InChI=1S/C23H20F4N2O2/c1-13-9-17(10-14(2)28-13)31-20-6-5-16(11-19(20)24)18-7-8-29(12-15-3-4-15)22(30)21(18)23(25,26)27/h5-11,15H,3-4,12H2,1-2H3. The van der Waals surface area contributed by atoms with Gasteiger partial charge >= 0.3 is 6.18 Å². The van der Waals surface area contributed by atoms with Crippen molar-refractivity contribution in [2.75, 3.05) is 0 Å². The molecule has 162 valence electrons. The molecule has 3 aromatic rings. The molecule has 4 rings (SSSR count). The average molecular weight is 432 g/mol. The van der Waals surface area contributed by atoms with Gasteiger partial charge in [0.2, 0.25) is 0 Å². The average Bonchev–Trinajstić information content (AvgIpc) is 3.47. The van der Waals surface area contributed by atoms with Gasteiger partial charge in [-0.15, -0.1) is 0 Å². The molecule has 4 nitrogen and oxygen atoms in total. The second-order valence-electron chi connectivity index (χ2n) is 7.84. The SMILES string of the molecule is Cc1cc(Oc2ccc(-c3ccn(CC4CC4)c(=O)c3C(F)(F)F)cc2F)cc(C)n1. The van der Waals surface area contributed by atoms with E-state index in [1.807, 2.05) is 0 Å². The maximum Gasteiger partial charge on any atom is 0.422 e. The van der Waals surface area contributed by atoms with Gasteiger partial charge in [-0.25, -0.2) is 4.39 Å². The highest BCUT2D eigenvalue weighted by atomic mass is 19.4. The predicted octanol–water partition coefficient (Wildman–Crippen LogP) is 5.89. The number of aromatic nitrogens is 2. The summed E-state index contributed by atoms with van der Waals surface area (Å²) < 4.78 is 62.5. The van der Waals surface area contributed by atoms with Gasteiger partial charge in [-0.2, -0.15) is 13.2 Å². The Labute approximate surface area is 176 Å². The molecular weight excluding hydrogens is 412 g/mol. The molecule has 0 unspecified atom stereocenters. The van der Waals surface area contributed by atoms with Gasteiger partial charge in [0.25, 0.3) is 5.56 Å². The largest absolute Gasteiger partial charge is 0.454 e. The van der Waals surface area contributed by atoms with E-state index in [0.717, 1.165) is 23.5 Å². The number of ether oxygens (including phenoxy) is 1. The highest BCUT2D eigenvalue weighted by molar-refractivity contribution is 5.68. The van der Waals surface area contributed by atoms with Crippen molar-refractivity contribution in [1.82, 2.24) is 9.55 Å². The quantitative estimate of drug-likeness (QED) is 0.473. The number of hydrogen-bond donors (Lipinski definition) is 0. The Bertz CT molecular complexity index is 1180. The maximum atomic E-state index is 14.7. The monoisotopic (exact) mass is 432 g/mol. The minimum absolute atomic E-state index is 0.0464. The van der Waals surface area contributed by atoms with Gasteiger partial charge in [0.1, 0.15) is 11.3 Å². The number of hydrogen-bond acceptors (Lipinski definition) is 3. The van der Waals surface area contributed by atoms with Crippen LogP contribution in [0.25, 0.3) is 11.1 Å². The van der Waals surface area contributed by atoms with Crippen LogP contribution < -0.4 is 10.3 Å². The number of halogens is 4. The summed E-state index contributed by atoms with van der Waals surface area (Å²) in [7, 11) is 0. The van der Waals surface area contributed by atoms with E-state index in [1.54, 1.807) is 26.0 Å². The molecule has 1 aliphatic rings. The molecular formula is C23H20F4N2O2. The first-order valence-electron chi connectivity index (χ1n) is 9.85. The Kier molecular flexibility index (Phi) is 5.33. The van der Waals surface area contributed by atoms with Crippen molar-refractivity contribution < 1.29 is 22.3 Å². The van der Waals surface area contributed by atoms with E-state index in [1.165, 1.54) is 24.4 Å². The van der Waals surface area contributed by atoms with Crippen molar-refractivity contribution in [1.29, 1.82) is 0 Å². The Balaban J connectivity index is 1.71. The molecule has 0 spiro atoms. The molecule has 1 fully saturated rings. The van der Waals surface area contributed by atoms with E-state index in [4.69, 9.17) is 4.74 Å². The third-order valence-corrected chi connectivity index (χ3v) is 5.13. The molecule has 1 aromatic carbocycles. The molecule has 31 heavy (non-hydrogen) atoms. The van der Waals surface area contributed by atoms with Crippen molar-refractivity contribution in [3.05, 3.63) is 75.7 Å². The van der Waals surface area contributed by atoms with Gasteiger partial charge in [-0.1, -0.05) is 6.07 Å². The minimum atomic E-state index is -4.86. The number of benzene rings is 1. The Hall–Kier alpha value is -3.16. The summed E-state index contributed by atoms with van der Waals surface area (Å²) in [5.41, 5.74) is -1.42. The Morgan fingerprint density at radius 1 is 1.10 bits per heavy atom. The van der Waals surface area contributed by atoms with Gasteiger partial charge < -0.3 is 9.30 Å². The summed E-state index contributed by atoms with van der Waals surface area (Å²) in [4.78, 5) is 16.8. The second kappa shape index (κ2) is 7.83. The number of nitrogens with zero attached hydrogens (tertiary/aromatic N) is 2. The first kappa shape index (κ1) is 21.1. The van der Waals surface area contributed by atoms with E-state index in [0.29, 0.717) is 17.1 Å². The molecule has 1 saturated carbocycles. The maximum absolute atomic E-state index is 14.7. The zero-order valence-electron chi connectivity index (χ0n) is 17.0. The number of alkyl halides is 3. The van der Waals surface area contributed by atoms with Crippen LogP contribution in [-0.2, 0) is 12.7 Å². The van der Waals surface area contributed by atoms with Crippen LogP contribution in [0.5, 0.6) is 11.5 Å². The fourth-order valence-corrected chi connectivity index (χ4v) is 3.54. The molecule has 0 aliphatic heterocycles. The molecule has 0 N–H and O–H groups in total. The summed E-state index contributed by atoms with van der Waals surface area (Å²) >= 11 is 0. The third-order valence-electron chi connectivity index (χ3n) is 5.13. The Morgan fingerprint density at radius 3 is 2.35 bits per heavy atom. The zero-order chi connectivity index (χ0) is 22.3. The van der Waals surface area contributed by atoms with Crippen LogP contribution in [0, 0.1) is 25.6 Å². The van der Waals surface area contributed by atoms with Crippen LogP contribution in [0.1, 0.15) is 29.8 Å². The van der Waals surface area contributed by atoms with Crippen LogP contribution in [0.3, 0.4) is 0 Å². The van der Waals surface area contributed by atoms with Gasteiger partial charge in [0.15, 0.2) is 11.6 Å². The molecule has 0 amide bonds. The topological polar surface area (TPSA) is 44.1 Å². The van der Waals surface area contributed by atoms with E-state index in [2.05, 4.69) is 4.98 Å². The predicted molar refractivity (Wildman–Crippen MR) is 108 cm³/mol. The lowest BCUT2D eigenvalue weighted by atomic mass is 10.0. The number of rotatable bonds is 5. The first-order chi connectivity index (χ1) is 14.6. The lowest BCUT2D eigenvalue weighted by molar-refractivity contribution is -0.138. The van der Waals surface area contributed by atoms with Gasteiger partial charge in [0, 0.05) is 41.8 Å².